The molecule has 0 amide bonds. The third kappa shape index (κ3) is 4.24. The fraction of sp³-hybridized carbons (Fsp3) is 0.312. The van der Waals surface area contributed by atoms with Gasteiger partial charge in [-0.2, -0.15) is 20.1 Å². The van der Waals surface area contributed by atoms with Crippen LogP contribution >= 0.6 is 0 Å². The third-order valence-corrected chi connectivity index (χ3v) is 3.44. The summed E-state index contributed by atoms with van der Waals surface area (Å²) in [6.07, 6.45) is 4.82. The number of aliphatic hydroxyl groups excluding tert-OH is 1. The van der Waals surface area contributed by atoms with Gasteiger partial charge in [0.2, 0.25) is 0 Å². The van der Waals surface area contributed by atoms with Gasteiger partial charge in [0.05, 0.1) is 30.2 Å². The Morgan fingerprint density at radius 1 is 1.17 bits per heavy atom. The van der Waals surface area contributed by atoms with Crippen LogP contribution in [0.5, 0.6) is 0 Å². The van der Waals surface area contributed by atoms with E-state index in [1.165, 1.54) is 0 Å². The molecule has 0 radical (unpaired) electrons. The van der Waals surface area contributed by atoms with Crippen molar-refractivity contribution in [2.45, 2.75) is 19.2 Å². The van der Waals surface area contributed by atoms with Crippen molar-refractivity contribution in [1.29, 1.82) is 0 Å². The van der Waals surface area contributed by atoms with E-state index in [-0.39, 0.29) is 0 Å². The second-order valence-electron chi connectivity index (χ2n) is 5.54. The average molecular weight is 312 g/mol. The number of aliphatic hydroxyl groups is 1. The molecular formula is C16H20N6O. The lowest BCUT2D eigenvalue weighted by molar-refractivity contribution is 0.103. The number of hydrogen-bond donors (Lipinski definition) is 1. The number of likely N-dealkylation sites (N-methyl/N-ethyl adjacent to an activating group) is 1. The van der Waals surface area contributed by atoms with Crippen LogP contribution in [0, 0.1) is 0 Å². The van der Waals surface area contributed by atoms with E-state index in [0.29, 0.717) is 19.6 Å². The van der Waals surface area contributed by atoms with Gasteiger partial charge in [-0.05, 0) is 25.2 Å². The molecule has 0 spiro atoms. The summed E-state index contributed by atoms with van der Waals surface area (Å²) >= 11 is 0. The molecular weight excluding hydrogens is 292 g/mol. The van der Waals surface area contributed by atoms with Gasteiger partial charge in [0.15, 0.2) is 0 Å². The minimum atomic E-state index is -0.482. The van der Waals surface area contributed by atoms with Gasteiger partial charge in [-0.1, -0.05) is 18.2 Å². The summed E-state index contributed by atoms with van der Waals surface area (Å²) in [4.78, 5) is 3.64. The van der Waals surface area contributed by atoms with Crippen LogP contribution in [-0.4, -0.2) is 54.5 Å². The second-order valence-corrected chi connectivity index (χ2v) is 5.54. The van der Waals surface area contributed by atoms with Gasteiger partial charge in [-0.3, -0.25) is 9.58 Å². The quantitative estimate of drug-likeness (QED) is 0.703. The fourth-order valence-electron chi connectivity index (χ4n) is 2.44. The summed E-state index contributed by atoms with van der Waals surface area (Å²) in [5, 5.41) is 23.0. The first kappa shape index (κ1) is 15.4. The molecule has 0 fully saturated rings. The number of para-hydroxylation sites is 1. The molecule has 2 aromatic heterocycles. The summed E-state index contributed by atoms with van der Waals surface area (Å²) < 4.78 is 1.73. The number of aromatic nitrogens is 5. The molecule has 1 atom stereocenters. The molecule has 3 rings (SSSR count). The molecule has 7 heteroatoms. The van der Waals surface area contributed by atoms with Gasteiger partial charge < -0.3 is 5.11 Å². The van der Waals surface area contributed by atoms with E-state index in [9.17, 15) is 5.11 Å². The highest BCUT2D eigenvalue weighted by Gasteiger charge is 2.11. The molecule has 7 nitrogen and oxygen atoms in total. The Kier molecular flexibility index (Phi) is 4.80. The van der Waals surface area contributed by atoms with Crippen molar-refractivity contribution >= 4 is 0 Å². The highest BCUT2D eigenvalue weighted by Crippen LogP contribution is 2.06. The Labute approximate surface area is 134 Å². The first-order valence-corrected chi connectivity index (χ1v) is 7.51. The van der Waals surface area contributed by atoms with E-state index < -0.39 is 6.10 Å². The smallest absolute Gasteiger partial charge is 0.0971 e. The first-order chi connectivity index (χ1) is 11.2. The number of nitrogens with zero attached hydrogens (tertiary/aromatic N) is 6. The third-order valence-electron chi connectivity index (χ3n) is 3.44. The highest BCUT2D eigenvalue weighted by atomic mass is 16.3. The van der Waals surface area contributed by atoms with Crippen molar-refractivity contribution in [3.63, 3.8) is 0 Å². The number of hydrogen-bond acceptors (Lipinski definition) is 5. The second kappa shape index (κ2) is 7.17. The van der Waals surface area contributed by atoms with Gasteiger partial charge in [0.1, 0.15) is 0 Å². The summed E-state index contributed by atoms with van der Waals surface area (Å²) in [7, 11) is 1.95. The van der Waals surface area contributed by atoms with Crippen LogP contribution in [0.4, 0.5) is 0 Å². The van der Waals surface area contributed by atoms with Gasteiger partial charge in [0, 0.05) is 25.5 Å². The van der Waals surface area contributed by atoms with E-state index in [1.54, 1.807) is 21.9 Å². The molecule has 0 aliphatic heterocycles. The molecule has 2 heterocycles. The zero-order chi connectivity index (χ0) is 16.1. The number of rotatable bonds is 7. The van der Waals surface area contributed by atoms with Crippen LogP contribution in [0.2, 0.25) is 0 Å². The SMILES string of the molecule is CN(Cc1cnn(-c2ccccc2)n1)CC(O)Cn1cccn1. The van der Waals surface area contributed by atoms with Crippen molar-refractivity contribution < 1.29 is 5.11 Å². The minimum Gasteiger partial charge on any atom is -0.390 e. The molecule has 120 valence electrons. The maximum Gasteiger partial charge on any atom is 0.0971 e. The van der Waals surface area contributed by atoms with E-state index >= 15 is 0 Å². The highest BCUT2D eigenvalue weighted by molar-refractivity contribution is 5.28. The topological polar surface area (TPSA) is 72.0 Å². The summed E-state index contributed by atoms with van der Waals surface area (Å²) in [5.74, 6) is 0. The van der Waals surface area contributed by atoms with E-state index in [4.69, 9.17) is 0 Å². The monoisotopic (exact) mass is 312 g/mol. The predicted molar refractivity (Wildman–Crippen MR) is 85.9 cm³/mol. The van der Waals surface area contributed by atoms with E-state index in [2.05, 4.69) is 15.3 Å². The Morgan fingerprint density at radius 3 is 2.74 bits per heavy atom. The van der Waals surface area contributed by atoms with E-state index in [0.717, 1.165) is 11.4 Å². The molecule has 1 unspecified atom stereocenters. The summed E-state index contributed by atoms with van der Waals surface area (Å²) in [6.45, 7) is 1.65. The maximum absolute atomic E-state index is 10.1. The molecule has 1 N–H and O–H groups in total. The predicted octanol–water partition coefficient (Wildman–Crippen LogP) is 0.957. The Balaban J connectivity index is 1.54. The van der Waals surface area contributed by atoms with Gasteiger partial charge in [-0.15, -0.1) is 0 Å². The van der Waals surface area contributed by atoms with Crippen molar-refractivity contribution in [3.05, 3.63) is 60.7 Å². The largest absolute Gasteiger partial charge is 0.390 e. The molecule has 0 bridgehead atoms. The summed E-state index contributed by atoms with van der Waals surface area (Å²) in [6, 6.07) is 11.6. The Morgan fingerprint density at radius 2 is 2.00 bits per heavy atom. The zero-order valence-electron chi connectivity index (χ0n) is 13.0. The molecule has 3 aromatic rings. The van der Waals surface area contributed by atoms with Crippen molar-refractivity contribution in [2.24, 2.45) is 0 Å². The van der Waals surface area contributed by atoms with Crippen molar-refractivity contribution in [3.8, 4) is 5.69 Å². The molecule has 0 aliphatic carbocycles. The lowest BCUT2D eigenvalue weighted by Crippen LogP contribution is -2.32. The Hall–Kier alpha value is -2.51. The van der Waals surface area contributed by atoms with Crippen LogP contribution < -0.4 is 0 Å². The van der Waals surface area contributed by atoms with E-state index in [1.807, 2.05) is 54.5 Å². The molecule has 0 saturated carbocycles. The van der Waals surface area contributed by atoms with Crippen molar-refractivity contribution in [2.75, 3.05) is 13.6 Å². The average Bonchev–Trinajstić information content (AvgIpc) is 3.20. The van der Waals surface area contributed by atoms with Gasteiger partial charge in [0.25, 0.3) is 0 Å². The van der Waals surface area contributed by atoms with Gasteiger partial charge in [-0.25, -0.2) is 0 Å². The summed E-state index contributed by atoms with van der Waals surface area (Å²) in [5.41, 5.74) is 1.79. The normalized spacial score (nSPS) is 12.7. The van der Waals surface area contributed by atoms with Crippen molar-refractivity contribution in [1.82, 2.24) is 29.7 Å². The lowest BCUT2D eigenvalue weighted by atomic mass is 10.3. The molecule has 23 heavy (non-hydrogen) atoms. The maximum atomic E-state index is 10.1. The van der Waals surface area contributed by atoms with Crippen LogP contribution in [0.25, 0.3) is 5.69 Å². The zero-order valence-corrected chi connectivity index (χ0v) is 13.0. The molecule has 1 aromatic carbocycles. The van der Waals surface area contributed by atoms with Crippen LogP contribution in [0.15, 0.2) is 55.0 Å². The minimum absolute atomic E-state index is 0.480. The molecule has 0 aliphatic rings. The Bertz CT molecular complexity index is 709. The standard InChI is InChI=1S/C16H20N6O/c1-20(12-16(23)13-21-9-5-8-17-21)11-14-10-18-22(19-14)15-6-3-2-4-7-15/h2-10,16,23H,11-13H2,1H3. The van der Waals surface area contributed by atoms with Gasteiger partial charge >= 0.3 is 0 Å². The van der Waals surface area contributed by atoms with Crippen LogP contribution in [0.1, 0.15) is 5.69 Å². The lowest BCUT2D eigenvalue weighted by Gasteiger charge is -2.19. The van der Waals surface area contributed by atoms with Crippen LogP contribution in [-0.2, 0) is 13.1 Å². The number of benzene rings is 1. The molecule has 0 saturated heterocycles. The first-order valence-electron chi connectivity index (χ1n) is 7.51. The fourth-order valence-corrected chi connectivity index (χ4v) is 2.44. The van der Waals surface area contributed by atoms with Crippen LogP contribution in [0.3, 0.4) is 0 Å².